The minimum atomic E-state index is 0.556. The molecule has 1 atom stereocenters. The zero-order valence-corrected chi connectivity index (χ0v) is 10.2. The van der Waals surface area contributed by atoms with Crippen LogP contribution in [0.15, 0.2) is 4.99 Å². The van der Waals surface area contributed by atoms with Crippen LogP contribution >= 0.6 is 0 Å². The van der Waals surface area contributed by atoms with Crippen molar-refractivity contribution in [3.05, 3.63) is 0 Å². The fourth-order valence-corrected chi connectivity index (χ4v) is 2.06. The molecule has 1 heterocycles. The van der Waals surface area contributed by atoms with Crippen LogP contribution in [-0.2, 0) is 0 Å². The second kappa shape index (κ2) is 6.83. The first kappa shape index (κ1) is 12.5. The average Bonchev–Trinajstić information content (AvgIpc) is 2.27. The van der Waals surface area contributed by atoms with Gasteiger partial charge in [0.2, 0.25) is 0 Å². The number of nitrogens with two attached hydrogens (primary N) is 1. The van der Waals surface area contributed by atoms with Gasteiger partial charge in [0.05, 0.1) is 12.4 Å². The third-order valence-corrected chi connectivity index (χ3v) is 3.08. The monoisotopic (exact) mass is 211 g/mol. The Morgan fingerprint density at radius 1 is 1.33 bits per heavy atom. The minimum Gasteiger partial charge on any atom is -0.387 e. The van der Waals surface area contributed by atoms with E-state index in [2.05, 4.69) is 23.7 Å². The molecule has 0 bridgehead atoms. The van der Waals surface area contributed by atoms with Crippen molar-refractivity contribution in [1.82, 2.24) is 4.90 Å². The molecule has 1 unspecified atom stereocenters. The molecule has 0 spiro atoms. The Morgan fingerprint density at radius 3 is 2.60 bits per heavy atom. The van der Waals surface area contributed by atoms with Crippen molar-refractivity contribution in [2.45, 2.75) is 52.0 Å². The summed E-state index contributed by atoms with van der Waals surface area (Å²) < 4.78 is 0. The predicted octanol–water partition coefficient (Wildman–Crippen LogP) is 2.02. The maximum Gasteiger partial charge on any atom is 0.0937 e. The van der Waals surface area contributed by atoms with Gasteiger partial charge in [0.25, 0.3) is 0 Å². The van der Waals surface area contributed by atoms with Crippen LogP contribution in [0.2, 0.25) is 0 Å². The first-order valence-corrected chi connectivity index (χ1v) is 6.27. The minimum absolute atomic E-state index is 0.556. The molecule has 3 heteroatoms. The number of aliphatic imine (C=N–C) groups is 1. The van der Waals surface area contributed by atoms with Crippen LogP contribution in [0, 0.1) is 0 Å². The van der Waals surface area contributed by atoms with Crippen molar-refractivity contribution in [2.24, 2.45) is 10.7 Å². The first-order valence-electron chi connectivity index (χ1n) is 6.27. The summed E-state index contributed by atoms with van der Waals surface area (Å²) in [7, 11) is 0. The maximum atomic E-state index is 5.79. The Balaban J connectivity index is 2.27. The zero-order chi connectivity index (χ0) is 11.1. The lowest BCUT2D eigenvalue weighted by atomic mass is 10.1. The Morgan fingerprint density at radius 2 is 2.00 bits per heavy atom. The lowest BCUT2D eigenvalue weighted by Crippen LogP contribution is -2.39. The topological polar surface area (TPSA) is 41.6 Å². The summed E-state index contributed by atoms with van der Waals surface area (Å²) >= 11 is 0. The maximum absolute atomic E-state index is 5.79. The summed E-state index contributed by atoms with van der Waals surface area (Å²) in [5.74, 6) is 0.821. The van der Waals surface area contributed by atoms with Crippen molar-refractivity contribution in [1.29, 1.82) is 0 Å². The van der Waals surface area contributed by atoms with E-state index in [4.69, 9.17) is 5.73 Å². The van der Waals surface area contributed by atoms with Gasteiger partial charge in [-0.15, -0.1) is 0 Å². The van der Waals surface area contributed by atoms with E-state index >= 15 is 0 Å². The molecule has 2 N–H and O–H groups in total. The molecule has 1 fully saturated rings. The van der Waals surface area contributed by atoms with Gasteiger partial charge in [-0.2, -0.15) is 0 Å². The van der Waals surface area contributed by atoms with Crippen LogP contribution in [0.3, 0.4) is 0 Å². The molecule has 0 amide bonds. The third kappa shape index (κ3) is 4.65. The number of rotatable bonds is 5. The van der Waals surface area contributed by atoms with Crippen molar-refractivity contribution >= 4 is 5.84 Å². The van der Waals surface area contributed by atoms with Crippen LogP contribution in [0.4, 0.5) is 0 Å². The summed E-state index contributed by atoms with van der Waals surface area (Å²) in [6, 6.07) is 0.556. The summed E-state index contributed by atoms with van der Waals surface area (Å²) in [5, 5.41) is 0. The number of likely N-dealkylation sites (tertiary alicyclic amines) is 1. The highest BCUT2D eigenvalue weighted by Gasteiger charge is 2.15. The van der Waals surface area contributed by atoms with Gasteiger partial charge < -0.3 is 5.73 Å². The highest BCUT2D eigenvalue weighted by atomic mass is 15.2. The van der Waals surface area contributed by atoms with Crippen molar-refractivity contribution in [3.63, 3.8) is 0 Å². The number of hydrogen-bond acceptors (Lipinski definition) is 2. The molecule has 88 valence electrons. The number of nitrogens with zero attached hydrogens (tertiary/aromatic N) is 2. The third-order valence-electron chi connectivity index (χ3n) is 3.08. The van der Waals surface area contributed by atoms with E-state index in [1.807, 2.05) is 0 Å². The average molecular weight is 211 g/mol. The van der Waals surface area contributed by atoms with Gasteiger partial charge in [-0.3, -0.25) is 9.89 Å². The van der Waals surface area contributed by atoms with E-state index < -0.39 is 0 Å². The molecule has 0 aromatic rings. The van der Waals surface area contributed by atoms with Crippen LogP contribution < -0.4 is 5.73 Å². The summed E-state index contributed by atoms with van der Waals surface area (Å²) in [6.07, 6.45) is 6.11. The molecule has 1 rings (SSSR count). The molecule has 15 heavy (non-hydrogen) atoms. The second-order valence-electron chi connectivity index (χ2n) is 4.53. The molecular formula is C12H25N3. The molecule has 0 saturated carbocycles. The molecule has 1 aliphatic heterocycles. The number of piperidine rings is 1. The van der Waals surface area contributed by atoms with Gasteiger partial charge in [-0.25, -0.2) is 0 Å². The standard InChI is InChI=1S/C12H25N3/c1-3-7-12(13)14-10-11(2)15-8-5-4-6-9-15/h11H,3-10H2,1-2H3,(H2,13,14). The van der Waals surface area contributed by atoms with E-state index in [0.717, 1.165) is 25.2 Å². The largest absolute Gasteiger partial charge is 0.387 e. The van der Waals surface area contributed by atoms with Crippen molar-refractivity contribution < 1.29 is 0 Å². The summed E-state index contributed by atoms with van der Waals surface area (Å²) in [4.78, 5) is 6.98. The normalized spacial score (nSPS) is 21.6. The smallest absolute Gasteiger partial charge is 0.0937 e. The molecule has 0 radical (unpaired) electrons. The fraction of sp³-hybridized carbons (Fsp3) is 0.917. The zero-order valence-electron chi connectivity index (χ0n) is 10.2. The SMILES string of the molecule is CCCC(N)=NCC(C)N1CCCCC1. The number of hydrogen-bond donors (Lipinski definition) is 1. The van der Waals surface area contributed by atoms with Crippen molar-refractivity contribution in [3.8, 4) is 0 Å². The van der Waals surface area contributed by atoms with E-state index in [1.54, 1.807) is 0 Å². The fourth-order valence-electron chi connectivity index (χ4n) is 2.06. The molecule has 3 nitrogen and oxygen atoms in total. The Kier molecular flexibility index (Phi) is 5.69. The van der Waals surface area contributed by atoms with Gasteiger partial charge in [0.15, 0.2) is 0 Å². The lowest BCUT2D eigenvalue weighted by Gasteiger charge is -2.31. The molecule has 0 aromatic heterocycles. The van der Waals surface area contributed by atoms with Crippen molar-refractivity contribution in [2.75, 3.05) is 19.6 Å². The van der Waals surface area contributed by atoms with Gasteiger partial charge in [0, 0.05) is 12.5 Å². The van der Waals surface area contributed by atoms with E-state index in [-0.39, 0.29) is 0 Å². The van der Waals surface area contributed by atoms with E-state index in [0.29, 0.717) is 6.04 Å². The lowest BCUT2D eigenvalue weighted by molar-refractivity contribution is 0.178. The molecule has 0 aliphatic carbocycles. The van der Waals surface area contributed by atoms with Crippen LogP contribution in [-0.4, -0.2) is 36.4 Å². The van der Waals surface area contributed by atoms with E-state index in [1.165, 1.54) is 32.4 Å². The van der Waals surface area contributed by atoms with Gasteiger partial charge >= 0.3 is 0 Å². The second-order valence-corrected chi connectivity index (χ2v) is 4.53. The van der Waals surface area contributed by atoms with Gasteiger partial charge in [-0.05, 0) is 39.3 Å². The predicted molar refractivity (Wildman–Crippen MR) is 66.3 cm³/mol. The molecule has 1 saturated heterocycles. The Labute approximate surface area is 93.7 Å². The quantitative estimate of drug-likeness (QED) is 0.558. The Bertz CT molecular complexity index is 195. The molecule has 0 aromatic carbocycles. The van der Waals surface area contributed by atoms with Crippen LogP contribution in [0.25, 0.3) is 0 Å². The van der Waals surface area contributed by atoms with Crippen LogP contribution in [0.1, 0.15) is 46.0 Å². The van der Waals surface area contributed by atoms with Gasteiger partial charge in [-0.1, -0.05) is 13.3 Å². The van der Waals surface area contributed by atoms with E-state index in [9.17, 15) is 0 Å². The summed E-state index contributed by atoms with van der Waals surface area (Å²) in [5.41, 5.74) is 5.79. The highest BCUT2D eigenvalue weighted by molar-refractivity contribution is 5.80. The molecular weight excluding hydrogens is 186 g/mol. The van der Waals surface area contributed by atoms with Crippen LogP contribution in [0.5, 0.6) is 0 Å². The first-order chi connectivity index (χ1) is 7.24. The number of amidine groups is 1. The van der Waals surface area contributed by atoms with Gasteiger partial charge in [0.1, 0.15) is 0 Å². The Hall–Kier alpha value is -0.570. The summed E-state index contributed by atoms with van der Waals surface area (Å²) in [6.45, 7) is 7.74. The highest BCUT2D eigenvalue weighted by Crippen LogP contribution is 2.12. The molecule has 1 aliphatic rings.